The average molecular weight is 328 g/mol. The molecule has 1 aliphatic carbocycles. The quantitative estimate of drug-likeness (QED) is 0.892. The van der Waals surface area contributed by atoms with Crippen molar-refractivity contribution in [2.75, 3.05) is 10.6 Å². The number of nitrogens with one attached hydrogen (secondary N) is 2. The molecule has 2 aromatic rings. The number of anilines is 2. The van der Waals surface area contributed by atoms with Crippen LogP contribution in [0.4, 0.5) is 11.4 Å². The number of hydrogen-bond donors (Lipinski definition) is 2. The molecular weight excluding hydrogens is 308 g/mol. The Morgan fingerprint density at radius 3 is 2.70 bits per heavy atom. The highest BCUT2D eigenvalue weighted by molar-refractivity contribution is 7.10. The van der Waals surface area contributed by atoms with Gasteiger partial charge in [-0.15, -0.1) is 11.3 Å². The van der Waals surface area contributed by atoms with Crippen molar-refractivity contribution in [3.63, 3.8) is 0 Å². The lowest BCUT2D eigenvalue weighted by Gasteiger charge is -2.18. The van der Waals surface area contributed by atoms with E-state index in [0.717, 1.165) is 24.8 Å². The number of rotatable bonds is 3. The summed E-state index contributed by atoms with van der Waals surface area (Å²) in [4.78, 5) is 25.0. The van der Waals surface area contributed by atoms with E-state index in [1.807, 2.05) is 17.5 Å². The molecule has 0 saturated carbocycles. The molecule has 0 radical (unpaired) electrons. The third kappa shape index (κ3) is 3.62. The van der Waals surface area contributed by atoms with E-state index >= 15 is 0 Å². The molecule has 120 valence electrons. The number of carbonyl (C=O) groups excluding carboxylic acids is 2. The fraction of sp³-hybridized carbons (Fsp3) is 0.333. The fourth-order valence-electron chi connectivity index (χ4n) is 2.94. The first-order valence-electron chi connectivity index (χ1n) is 7.81. The second-order valence-electron chi connectivity index (χ2n) is 6.12. The van der Waals surface area contributed by atoms with Gasteiger partial charge in [0.15, 0.2) is 0 Å². The van der Waals surface area contributed by atoms with Crippen LogP contribution in [0, 0.1) is 5.92 Å². The van der Waals surface area contributed by atoms with Crippen molar-refractivity contribution in [1.82, 2.24) is 0 Å². The molecule has 1 aromatic carbocycles. The normalized spacial score (nSPS) is 16.5. The van der Waals surface area contributed by atoms with Gasteiger partial charge < -0.3 is 10.6 Å². The van der Waals surface area contributed by atoms with E-state index in [9.17, 15) is 9.59 Å². The van der Waals surface area contributed by atoms with E-state index < -0.39 is 0 Å². The molecule has 0 spiro atoms. The summed E-state index contributed by atoms with van der Waals surface area (Å²) < 4.78 is 0. The molecule has 1 aromatic heterocycles. The molecule has 0 unspecified atom stereocenters. The molecule has 2 N–H and O–H groups in total. The monoisotopic (exact) mass is 328 g/mol. The standard InChI is InChI=1S/C18H20N2O2S/c1-11-6-7-15-16(10-23-17(15)8-11)18(22)20-14-5-3-4-13(9-14)19-12(2)21/h3-5,9-11H,6-8H2,1-2H3,(H,19,21)(H,20,22)/t11-/m0/s1. The Kier molecular flexibility index (Phi) is 4.48. The topological polar surface area (TPSA) is 58.2 Å². The average Bonchev–Trinajstić information content (AvgIpc) is 2.89. The first kappa shape index (κ1) is 15.7. The summed E-state index contributed by atoms with van der Waals surface area (Å²) in [6.45, 7) is 3.72. The number of hydrogen-bond acceptors (Lipinski definition) is 3. The molecule has 1 atom stereocenters. The predicted molar refractivity (Wildman–Crippen MR) is 94.2 cm³/mol. The van der Waals surface area contributed by atoms with Crippen LogP contribution in [0.5, 0.6) is 0 Å². The summed E-state index contributed by atoms with van der Waals surface area (Å²) in [6, 6.07) is 7.20. The van der Waals surface area contributed by atoms with Crippen LogP contribution in [0.15, 0.2) is 29.6 Å². The summed E-state index contributed by atoms with van der Waals surface area (Å²) in [5.74, 6) is 0.498. The minimum absolute atomic E-state index is 0.0722. The van der Waals surface area contributed by atoms with E-state index in [2.05, 4.69) is 17.6 Å². The summed E-state index contributed by atoms with van der Waals surface area (Å²) in [5.41, 5.74) is 3.37. The molecule has 5 heteroatoms. The van der Waals surface area contributed by atoms with E-state index in [1.165, 1.54) is 17.4 Å². The maximum Gasteiger partial charge on any atom is 0.256 e. The Labute approximate surface area is 139 Å². The van der Waals surface area contributed by atoms with Crippen molar-refractivity contribution in [1.29, 1.82) is 0 Å². The summed E-state index contributed by atoms with van der Waals surface area (Å²) in [7, 11) is 0. The largest absolute Gasteiger partial charge is 0.326 e. The zero-order valence-corrected chi connectivity index (χ0v) is 14.1. The second kappa shape index (κ2) is 6.54. The lowest BCUT2D eigenvalue weighted by molar-refractivity contribution is -0.114. The van der Waals surface area contributed by atoms with Crippen molar-refractivity contribution < 1.29 is 9.59 Å². The van der Waals surface area contributed by atoms with E-state index in [1.54, 1.807) is 23.5 Å². The Morgan fingerprint density at radius 2 is 1.96 bits per heavy atom. The zero-order chi connectivity index (χ0) is 16.4. The Balaban J connectivity index is 1.76. The third-order valence-corrected chi connectivity index (χ3v) is 5.14. The number of thiophene rings is 1. The van der Waals surface area contributed by atoms with Gasteiger partial charge in [0.05, 0.1) is 5.56 Å². The Morgan fingerprint density at radius 1 is 1.22 bits per heavy atom. The van der Waals surface area contributed by atoms with Gasteiger partial charge in [0, 0.05) is 28.6 Å². The van der Waals surface area contributed by atoms with Crippen LogP contribution < -0.4 is 10.6 Å². The van der Waals surface area contributed by atoms with Gasteiger partial charge in [-0.3, -0.25) is 9.59 Å². The zero-order valence-electron chi connectivity index (χ0n) is 13.3. The molecule has 23 heavy (non-hydrogen) atoms. The highest BCUT2D eigenvalue weighted by Gasteiger charge is 2.23. The minimum Gasteiger partial charge on any atom is -0.326 e. The molecule has 2 amide bonds. The number of amides is 2. The van der Waals surface area contributed by atoms with Gasteiger partial charge in [0.25, 0.3) is 5.91 Å². The van der Waals surface area contributed by atoms with E-state index in [-0.39, 0.29) is 11.8 Å². The van der Waals surface area contributed by atoms with Crippen LogP contribution in [0.3, 0.4) is 0 Å². The van der Waals surface area contributed by atoms with Gasteiger partial charge in [-0.25, -0.2) is 0 Å². The lowest BCUT2D eigenvalue weighted by Crippen LogP contribution is -2.16. The first-order chi connectivity index (χ1) is 11.0. The number of carbonyl (C=O) groups is 2. The maximum absolute atomic E-state index is 12.6. The van der Waals surface area contributed by atoms with Crippen LogP contribution in [-0.2, 0) is 17.6 Å². The second-order valence-corrected chi connectivity index (χ2v) is 7.08. The van der Waals surface area contributed by atoms with Gasteiger partial charge in [-0.2, -0.15) is 0 Å². The van der Waals surface area contributed by atoms with Crippen molar-refractivity contribution in [3.05, 3.63) is 45.6 Å². The van der Waals surface area contributed by atoms with Crippen LogP contribution in [0.25, 0.3) is 0 Å². The summed E-state index contributed by atoms with van der Waals surface area (Å²) >= 11 is 1.69. The first-order valence-corrected chi connectivity index (χ1v) is 8.69. The van der Waals surface area contributed by atoms with E-state index in [0.29, 0.717) is 17.3 Å². The van der Waals surface area contributed by atoms with Crippen molar-refractivity contribution in [2.45, 2.75) is 33.1 Å². The molecule has 4 nitrogen and oxygen atoms in total. The number of fused-ring (bicyclic) bond motifs is 1. The van der Waals surface area contributed by atoms with Gasteiger partial charge in [-0.05, 0) is 48.9 Å². The number of benzene rings is 1. The van der Waals surface area contributed by atoms with Gasteiger partial charge in [-0.1, -0.05) is 13.0 Å². The molecule has 0 fully saturated rings. The molecule has 0 aliphatic heterocycles. The van der Waals surface area contributed by atoms with Gasteiger partial charge in [0.2, 0.25) is 5.91 Å². The summed E-state index contributed by atoms with van der Waals surface area (Å²) in [6.07, 6.45) is 3.20. The molecular formula is C18H20N2O2S. The van der Waals surface area contributed by atoms with Crippen LogP contribution in [-0.4, -0.2) is 11.8 Å². The predicted octanol–water partition coefficient (Wildman–Crippen LogP) is 4.08. The Hall–Kier alpha value is -2.14. The molecule has 0 saturated heterocycles. The van der Waals surface area contributed by atoms with Crippen LogP contribution in [0.1, 0.15) is 41.1 Å². The van der Waals surface area contributed by atoms with Gasteiger partial charge in [0.1, 0.15) is 0 Å². The van der Waals surface area contributed by atoms with E-state index in [4.69, 9.17) is 0 Å². The van der Waals surface area contributed by atoms with Crippen LogP contribution >= 0.6 is 11.3 Å². The van der Waals surface area contributed by atoms with Crippen LogP contribution in [0.2, 0.25) is 0 Å². The van der Waals surface area contributed by atoms with Crippen molar-refractivity contribution in [3.8, 4) is 0 Å². The molecule has 3 rings (SSSR count). The molecule has 0 bridgehead atoms. The highest BCUT2D eigenvalue weighted by atomic mass is 32.1. The lowest BCUT2D eigenvalue weighted by atomic mass is 9.88. The maximum atomic E-state index is 12.6. The fourth-order valence-corrected chi connectivity index (χ4v) is 4.19. The SMILES string of the molecule is CC(=O)Nc1cccc(NC(=O)c2csc3c2CC[C@H](C)C3)c1. The third-order valence-electron chi connectivity index (χ3n) is 4.09. The molecule has 1 aliphatic rings. The highest BCUT2D eigenvalue weighted by Crippen LogP contribution is 2.33. The Bertz CT molecular complexity index is 751. The summed E-state index contributed by atoms with van der Waals surface area (Å²) in [5, 5.41) is 7.62. The smallest absolute Gasteiger partial charge is 0.256 e. The minimum atomic E-state index is -0.130. The van der Waals surface area contributed by atoms with Gasteiger partial charge >= 0.3 is 0 Å². The van der Waals surface area contributed by atoms with Crippen molar-refractivity contribution >= 4 is 34.5 Å². The van der Waals surface area contributed by atoms with Crippen molar-refractivity contribution in [2.24, 2.45) is 5.92 Å². The molecule has 1 heterocycles.